The van der Waals surface area contributed by atoms with Crippen LogP contribution in [0.2, 0.25) is 0 Å². The van der Waals surface area contributed by atoms with Crippen molar-refractivity contribution in [2.45, 2.75) is 6.92 Å². The van der Waals surface area contributed by atoms with Crippen molar-refractivity contribution in [3.05, 3.63) is 20.7 Å². The minimum Gasteiger partial charge on any atom is -0.495 e. The van der Waals surface area contributed by atoms with Crippen LogP contribution in [0.15, 0.2) is 10.5 Å². The van der Waals surface area contributed by atoms with Crippen LogP contribution in [-0.4, -0.2) is 32.0 Å². The van der Waals surface area contributed by atoms with Crippen molar-refractivity contribution >= 4 is 38.9 Å². The molecule has 0 aliphatic carbocycles. The zero-order valence-electron chi connectivity index (χ0n) is 11.0. The van der Waals surface area contributed by atoms with Gasteiger partial charge in [0.2, 0.25) is 5.91 Å². The highest BCUT2D eigenvalue weighted by molar-refractivity contribution is 9.10. The Kier molecular flexibility index (Phi) is 4.71. The molecule has 8 heteroatoms. The van der Waals surface area contributed by atoms with Crippen molar-refractivity contribution in [2.24, 2.45) is 0 Å². The van der Waals surface area contributed by atoms with E-state index in [1.54, 1.807) is 7.05 Å². The number of nitrogens with one attached hydrogen (secondary N) is 1. The van der Waals surface area contributed by atoms with Gasteiger partial charge in [-0.05, 0) is 15.9 Å². The molecular formula is C11H14BrN3O4. The van der Waals surface area contributed by atoms with E-state index >= 15 is 0 Å². The molecule has 0 radical (unpaired) electrons. The normalized spacial score (nSPS) is 9.95. The third-order valence-electron chi connectivity index (χ3n) is 2.67. The Labute approximate surface area is 118 Å². The Morgan fingerprint density at radius 3 is 2.53 bits per heavy atom. The molecule has 0 spiro atoms. The molecule has 0 aliphatic heterocycles. The van der Waals surface area contributed by atoms with Crippen LogP contribution < -0.4 is 15.0 Å². The number of rotatable bonds is 4. The summed E-state index contributed by atoms with van der Waals surface area (Å²) >= 11 is 3.25. The van der Waals surface area contributed by atoms with Gasteiger partial charge in [-0.1, -0.05) is 0 Å². The first-order chi connectivity index (χ1) is 8.84. The minimum atomic E-state index is -0.537. The van der Waals surface area contributed by atoms with Gasteiger partial charge in [0.15, 0.2) is 0 Å². The standard InChI is InChI=1S/C11H14BrN3O4/c1-6(16)14(3)7-5-8(19-4)9(12)10(13-2)11(7)15(17)18/h5,13H,1-4H3. The molecule has 0 aliphatic rings. The number of methoxy groups -OCH3 is 1. The van der Waals surface area contributed by atoms with E-state index in [1.165, 1.54) is 32.0 Å². The number of carbonyl (C=O) groups excluding carboxylic acids is 1. The number of anilines is 2. The highest BCUT2D eigenvalue weighted by Gasteiger charge is 2.28. The Bertz CT molecular complexity index is 533. The number of benzene rings is 1. The first kappa shape index (κ1) is 15.2. The van der Waals surface area contributed by atoms with Crippen molar-refractivity contribution in [3.63, 3.8) is 0 Å². The second-order valence-electron chi connectivity index (χ2n) is 3.72. The maximum atomic E-state index is 11.4. The number of ether oxygens (including phenoxy) is 1. The molecule has 104 valence electrons. The van der Waals surface area contributed by atoms with Gasteiger partial charge in [-0.3, -0.25) is 14.9 Å². The minimum absolute atomic E-state index is 0.168. The summed E-state index contributed by atoms with van der Waals surface area (Å²) in [5.74, 6) is 0.0904. The number of carbonyl (C=O) groups is 1. The van der Waals surface area contributed by atoms with Crippen LogP contribution in [-0.2, 0) is 4.79 Å². The van der Waals surface area contributed by atoms with E-state index in [-0.39, 0.29) is 23.0 Å². The summed E-state index contributed by atoms with van der Waals surface area (Å²) in [6, 6.07) is 1.45. The van der Waals surface area contributed by atoms with Gasteiger partial charge >= 0.3 is 5.69 Å². The lowest BCUT2D eigenvalue weighted by molar-refractivity contribution is -0.383. The van der Waals surface area contributed by atoms with Crippen molar-refractivity contribution in [1.82, 2.24) is 0 Å². The van der Waals surface area contributed by atoms with Crippen LogP contribution in [0.5, 0.6) is 5.75 Å². The molecule has 1 rings (SSSR count). The molecular weight excluding hydrogens is 318 g/mol. The van der Waals surface area contributed by atoms with Crippen LogP contribution in [0.3, 0.4) is 0 Å². The van der Waals surface area contributed by atoms with Crippen LogP contribution in [0.25, 0.3) is 0 Å². The van der Waals surface area contributed by atoms with Gasteiger partial charge < -0.3 is 15.0 Å². The maximum Gasteiger partial charge on any atom is 0.317 e. The van der Waals surface area contributed by atoms with Crippen molar-refractivity contribution in [3.8, 4) is 5.75 Å². The molecule has 7 nitrogen and oxygen atoms in total. The molecule has 0 saturated heterocycles. The summed E-state index contributed by atoms with van der Waals surface area (Å²) in [5.41, 5.74) is 0.238. The van der Waals surface area contributed by atoms with E-state index < -0.39 is 4.92 Å². The SMILES string of the molecule is CNc1c(Br)c(OC)cc(N(C)C(C)=O)c1[N+](=O)[O-]. The average molecular weight is 332 g/mol. The molecule has 0 saturated carbocycles. The third-order valence-corrected chi connectivity index (χ3v) is 3.46. The number of nitrogens with zero attached hydrogens (tertiary/aromatic N) is 2. The predicted molar refractivity (Wildman–Crippen MR) is 76.0 cm³/mol. The Balaban J connectivity index is 3.68. The Morgan fingerprint density at radius 2 is 2.16 bits per heavy atom. The van der Waals surface area contributed by atoms with E-state index in [4.69, 9.17) is 4.74 Å². The molecule has 19 heavy (non-hydrogen) atoms. The lowest BCUT2D eigenvalue weighted by Gasteiger charge is -2.19. The van der Waals surface area contributed by atoms with E-state index in [1.807, 2.05) is 0 Å². The molecule has 0 atom stereocenters. The van der Waals surface area contributed by atoms with Gasteiger partial charge in [-0.25, -0.2) is 0 Å². The smallest absolute Gasteiger partial charge is 0.317 e. The molecule has 0 unspecified atom stereocenters. The number of amides is 1. The summed E-state index contributed by atoms with van der Waals surface area (Å²) in [7, 11) is 4.48. The van der Waals surface area contributed by atoms with Crippen LogP contribution >= 0.6 is 15.9 Å². The fourth-order valence-electron chi connectivity index (χ4n) is 1.60. The Morgan fingerprint density at radius 1 is 1.58 bits per heavy atom. The maximum absolute atomic E-state index is 11.4. The number of hydrogen-bond donors (Lipinski definition) is 1. The van der Waals surface area contributed by atoms with Gasteiger partial charge in [-0.15, -0.1) is 0 Å². The largest absolute Gasteiger partial charge is 0.495 e. The number of halogens is 1. The van der Waals surface area contributed by atoms with Crippen molar-refractivity contribution in [2.75, 3.05) is 31.4 Å². The summed E-state index contributed by atoms with van der Waals surface area (Å²) < 4.78 is 5.58. The highest BCUT2D eigenvalue weighted by atomic mass is 79.9. The first-order valence-corrected chi connectivity index (χ1v) is 6.11. The quantitative estimate of drug-likeness (QED) is 0.676. The molecule has 0 bridgehead atoms. The van der Waals surface area contributed by atoms with Gasteiger partial charge in [0.25, 0.3) is 0 Å². The zero-order valence-corrected chi connectivity index (χ0v) is 12.6. The van der Waals surface area contributed by atoms with Crippen molar-refractivity contribution < 1.29 is 14.5 Å². The summed E-state index contributed by atoms with van der Waals surface area (Å²) in [6.45, 7) is 1.33. The molecule has 1 amide bonds. The van der Waals surface area contributed by atoms with Gasteiger partial charge in [0.1, 0.15) is 17.1 Å². The van der Waals surface area contributed by atoms with E-state index in [0.29, 0.717) is 10.2 Å². The van der Waals surface area contributed by atoms with Gasteiger partial charge in [0, 0.05) is 27.1 Å². The molecule has 0 aromatic heterocycles. The van der Waals surface area contributed by atoms with Crippen LogP contribution in [0.1, 0.15) is 6.92 Å². The summed E-state index contributed by atoms with van der Waals surface area (Å²) in [4.78, 5) is 23.3. The molecule has 1 aromatic carbocycles. The van der Waals surface area contributed by atoms with E-state index in [2.05, 4.69) is 21.2 Å². The zero-order chi connectivity index (χ0) is 14.7. The summed E-state index contributed by atoms with van der Waals surface area (Å²) in [5, 5.41) is 14.0. The molecule has 0 fully saturated rings. The van der Waals surface area contributed by atoms with Crippen LogP contribution in [0.4, 0.5) is 17.1 Å². The fourth-order valence-corrected chi connectivity index (χ4v) is 2.26. The molecule has 1 N–H and O–H groups in total. The second kappa shape index (κ2) is 5.87. The predicted octanol–water partition coefficient (Wildman–Crippen LogP) is 2.39. The molecule has 0 heterocycles. The lowest BCUT2D eigenvalue weighted by Crippen LogP contribution is -2.24. The van der Waals surface area contributed by atoms with Crippen molar-refractivity contribution in [1.29, 1.82) is 0 Å². The first-order valence-electron chi connectivity index (χ1n) is 5.32. The highest BCUT2D eigenvalue weighted by Crippen LogP contribution is 2.45. The van der Waals surface area contributed by atoms with E-state index in [0.717, 1.165) is 0 Å². The fraction of sp³-hybridized carbons (Fsp3) is 0.364. The van der Waals surface area contributed by atoms with Gasteiger partial charge in [-0.2, -0.15) is 0 Å². The van der Waals surface area contributed by atoms with Crippen LogP contribution in [0, 0.1) is 10.1 Å². The lowest BCUT2D eigenvalue weighted by atomic mass is 10.2. The van der Waals surface area contributed by atoms with E-state index in [9.17, 15) is 14.9 Å². The average Bonchev–Trinajstić information content (AvgIpc) is 2.36. The molecule has 1 aromatic rings. The monoisotopic (exact) mass is 331 g/mol. The Hall–Kier alpha value is -1.83. The second-order valence-corrected chi connectivity index (χ2v) is 4.51. The topological polar surface area (TPSA) is 84.7 Å². The van der Waals surface area contributed by atoms with Gasteiger partial charge in [0.05, 0.1) is 16.5 Å². The number of nitro groups is 1. The number of hydrogen-bond acceptors (Lipinski definition) is 5. The number of nitro benzene ring substituents is 1. The summed E-state index contributed by atoms with van der Waals surface area (Å²) in [6.07, 6.45) is 0. The third kappa shape index (κ3) is 2.78.